The largest absolute Gasteiger partial charge is 0.298 e. The van der Waals surface area contributed by atoms with Gasteiger partial charge >= 0.3 is 0 Å². The fraction of sp³-hybridized carbons (Fsp3) is 0.0833. The molecule has 2 aromatic rings. The number of nitrogens with zero attached hydrogens (tertiary/aromatic N) is 3. The van der Waals surface area contributed by atoms with Crippen molar-refractivity contribution in [3.05, 3.63) is 51.8 Å². The Morgan fingerprint density at radius 2 is 2.00 bits per heavy atom. The van der Waals surface area contributed by atoms with Crippen LogP contribution in [0.25, 0.3) is 0 Å². The van der Waals surface area contributed by atoms with Gasteiger partial charge in [0.1, 0.15) is 6.29 Å². The zero-order valence-electron chi connectivity index (χ0n) is 9.94. The molecule has 19 heavy (non-hydrogen) atoms. The molecular weight excluding hydrogens is 266 g/mol. The van der Waals surface area contributed by atoms with Gasteiger partial charge in [0.25, 0.3) is 5.69 Å². The maximum Gasteiger partial charge on any atom is 0.284 e. The lowest BCUT2D eigenvalue weighted by Gasteiger charge is -2.02. The molecule has 0 saturated heterocycles. The second-order valence-electron chi connectivity index (χ2n) is 3.75. The van der Waals surface area contributed by atoms with Crippen LogP contribution in [0.1, 0.15) is 15.9 Å². The van der Waals surface area contributed by atoms with Gasteiger partial charge in [0.05, 0.1) is 9.82 Å². The Balaban J connectivity index is 2.36. The maximum atomic E-state index is 11.0. The van der Waals surface area contributed by atoms with Crippen LogP contribution in [0.4, 0.5) is 5.69 Å². The van der Waals surface area contributed by atoms with E-state index in [4.69, 9.17) is 0 Å². The smallest absolute Gasteiger partial charge is 0.284 e. The van der Waals surface area contributed by atoms with Gasteiger partial charge in [0.15, 0.2) is 5.16 Å². The fourth-order valence-electron chi connectivity index (χ4n) is 1.37. The topological polar surface area (TPSA) is 86.0 Å². The second-order valence-corrected chi connectivity index (χ2v) is 4.76. The number of aldehydes is 1. The molecule has 0 aliphatic carbocycles. The summed E-state index contributed by atoms with van der Waals surface area (Å²) < 4.78 is 0. The van der Waals surface area contributed by atoms with E-state index in [-0.39, 0.29) is 11.3 Å². The Labute approximate surface area is 113 Å². The SMILES string of the molecule is Cc1cnc(Sc2ccc(C=O)cc2[N+](=O)[O-])nc1. The van der Waals surface area contributed by atoms with E-state index in [1.54, 1.807) is 12.4 Å². The summed E-state index contributed by atoms with van der Waals surface area (Å²) in [6, 6.07) is 4.29. The van der Waals surface area contributed by atoms with Crippen LogP contribution in [0.5, 0.6) is 0 Å². The van der Waals surface area contributed by atoms with Crippen molar-refractivity contribution in [2.75, 3.05) is 0 Å². The highest BCUT2D eigenvalue weighted by Gasteiger charge is 2.16. The lowest BCUT2D eigenvalue weighted by atomic mass is 10.2. The zero-order chi connectivity index (χ0) is 13.8. The highest BCUT2D eigenvalue weighted by atomic mass is 32.2. The second kappa shape index (κ2) is 5.57. The number of benzene rings is 1. The van der Waals surface area contributed by atoms with Crippen molar-refractivity contribution >= 4 is 23.7 Å². The van der Waals surface area contributed by atoms with Gasteiger partial charge in [0, 0.05) is 24.0 Å². The first-order valence-electron chi connectivity index (χ1n) is 5.30. The van der Waals surface area contributed by atoms with Gasteiger partial charge in [-0.25, -0.2) is 9.97 Å². The molecule has 0 N–H and O–H groups in total. The normalized spacial score (nSPS) is 10.2. The summed E-state index contributed by atoms with van der Waals surface area (Å²) in [6.07, 6.45) is 3.85. The predicted octanol–water partition coefficient (Wildman–Crippen LogP) is 2.66. The molecule has 0 spiro atoms. The molecule has 0 atom stereocenters. The van der Waals surface area contributed by atoms with Gasteiger partial charge in [-0.3, -0.25) is 14.9 Å². The minimum Gasteiger partial charge on any atom is -0.298 e. The number of aromatic nitrogens is 2. The van der Waals surface area contributed by atoms with Crippen molar-refractivity contribution in [1.29, 1.82) is 0 Å². The molecule has 1 heterocycles. The maximum absolute atomic E-state index is 11.0. The average Bonchev–Trinajstić information content (AvgIpc) is 2.41. The van der Waals surface area contributed by atoms with Crippen LogP contribution in [0, 0.1) is 17.0 Å². The lowest BCUT2D eigenvalue weighted by molar-refractivity contribution is -0.387. The fourth-order valence-corrected chi connectivity index (χ4v) is 2.15. The van der Waals surface area contributed by atoms with Crippen LogP contribution in [-0.2, 0) is 0 Å². The molecule has 7 heteroatoms. The molecule has 1 aromatic carbocycles. The number of nitro groups is 1. The van der Waals surface area contributed by atoms with E-state index in [0.717, 1.165) is 17.3 Å². The summed E-state index contributed by atoms with van der Waals surface area (Å²) in [5.41, 5.74) is 1.05. The van der Waals surface area contributed by atoms with E-state index < -0.39 is 4.92 Å². The number of carbonyl (C=O) groups is 1. The van der Waals surface area contributed by atoms with E-state index in [2.05, 4.69) is 9.97 Å². The predicted molar refractivity (Wildman–Crippen MR) is 69.4 cm³/mol. The molecule has 0 fully saturated rings. The quantitative estimate of drug-likeness (QED) is 0.369. The Bertz CT molecular complexity index is 629. The summed E-state index contributed by atoms with van der Waals surface area (Å²) in [5, 5.41) is 11.4. The van der Waals surface area contributed by atoms with Crippen LogP contribution < -0.4 is 0 Å². The van der Waals surface area contributed by atoms with Crippen molar-refractivity contribution in [3.63, 3.8) is 0 Å². The molecule has 6 nitrogen and oxygen atoms in total. The minimum absolute atomic E-state index is 0.126. The number of nitro benzene ring substituents is 1. The summed E-state index contributed by atoms with van der Waals surface area (Å²) in [4.78, 5) is 29.6. The third kappa shape index (κ3) is 3.14. The summed E-state index contributed by atoms with van der Waals surface area (Å²) in [7, 11) is 0. The molecule has 1 aromatic heterocycles. The van der Waals surface area contributed by atoms with Crippen LogP contribution in [0.15, 0.2) is 40.6 Å². The molecule has 0 radical (unpaired) electrons. The first-order chi connectivity index (χ1) is 9.10. The Morgan fingerprint density at radius 1 is 1.32 bits per heavy atom. The van der Waals surface area contributed by atoms with E-state index in [1.807, 2.05) is 6.92 Å². The monoisotopic (exact) mass is 275 g/mol. The number of carbonyl (C=O) groups excluding carboxylic acids is 1. The van der Waals surface area contributed by atoms with Gasteiger partial charge in [-0.1, -0.05) is 6.07 Å². The van der Waals surface area contributed by atoms with E-state index in [9.17, 15) is 14.9 Å². The molecule has 0 aliphatic heterocycles. The van der Waals surface area contributed by atoms with Crippen LogP contribution in [0.3, 0.4) is 0 Å². The molecule has 0 aliphatic rings. The number of hydrogen-bond acceptors (Lipinski definition) is 6. The van der Waals surface area contributed by atoms with Crippen molar-refractivity contribution < 1.29 is 9.72 Å². The Hall–Kier alpha value is -2.28. The van der Waals surface area contributed by atoms with Gasteiger partial charge in [-0.05, 0) is 30.3 Å². The first kappa shape index (κ1) is 13.2. The van der Waals surface area contributed by atoms with Gasteiger partial charge in [-0.15, -0.1) is 0 Å². The third-order valence-electron chi connectivity index (χ3n) is 2.27. The highest BCUT2D eigenvalue weighted by molar-refractivity contribution is 7.99. The Kier molecular flexibility index (Phi) is 3.86. The molecule has 0 amide bonds. The third-order valence-corrected chi connectivity index (χ3v) is 3.23. The molecule has 0 saturated carbocycles. The minimum atomic E-state index is -0.524. The standard InChI is InChI=1S/C12H9N3O3S/c1-8-5-13-12(14-6-8)19-11-3-2-9(7-16)4-10(11)15(17)18/h2-7H,1H3. The highest BCUT2D eigenvalue weighted by Crippen LogP contribution is 2.33. The zero-order valence-corrected chi connectivity index (χ0v) is 10.8. The molecule has 0 unspecified atom stereocenters. The lowest BCUT2D eigenvalue weighted by Crippen LogP contribution is -1.94. The van der Waals surface area contributed by atoms with E-state index in [1.165, 1.54) is 18.2 Å². The summed E-state index contributed by atoms with van der Waals surface area (Å²) in [6.45, 7) is 1.86. The molecule has 2 rings (SSSR count). The van der Waals surface area contributed by atoms with Crippen molar-refractivity contribution in [1.82, 2.24) is 9.97 Å². The van der Waals surface area contributed by atoms with E-state index in [0.29, 0.717) is 16.3 Å². The Morgan fingerprint density at radius 3 is 2.58 bits per heavy atom. The molecular formula is C12H9N3O3S. The number of hydrogen-bond donors (Lipinski definition) is 0. The van der Waals surface area contributed by atoms with Crippen LogP contribution in [-0.4, -0.2) is 21.2 Å². The van der Waals surface area contributed by atoms with Gasteiger partial charge < -0.3 is 0 Å². The molecule has 0 bridgehead atoms. The number of aryl methyl sites for hydroxylation is 1. The summed E-state index contributed by atoms with van der Waals surface area (Å²) >= 11 is 1.09. The molecule has 96 valence electrons. The van der Waals surface area contributed by atoms with Crippen molar-refractivity contribution in [2.24, 2.45) is 0 Å². The first-order valence-corrected chi connectivity index (χ1v) is 6.12. The van der Waals surface area contributed by atoms with Gasteiger partial charge in [0.2, 0.25) is 0 Å². The van der Waals surface area contributed by atoms with Crippen molar-refractivity contribution in [2.45, 2.75) is 17.0 Å². The number of rotatable bonds is 4. The summed E-state index contributed by atoms with van der Waals surface area (Å²) in [5.74, 6) is 0. The van der Waals surface area contributed by atoms with Crippen molar-refractivity contribution in [3.8, 4) is 0 Å². The van der Waals surface area contributed by atoms with Crippen LogP contribution >= 0.6 is 11.8 Å². The van der Waals surface area contributed by atoms with E-state index >= 15 is 0 Å². The van der Waals surface area contributed by atoms with Gasteiger partial charge in [-0.2, -0.15) is 0 Å². The average molecular weight is 275 g/mol. The van der Waals surface area contributed by atoms with Crippen LogP contribution in [0.2, 0.25) is 0 Å².